The lowest BCUT2D eigenvalue weighted by molar-refractivity contribution is 0.613. The van der Waals surface area contributed by atoms with Gasteiger partial charge in [-0.25, -0.2) is 0 Å². The summed E-state index contributed by atoms with van der Waals surface area (Å²) in [5.74, 6) is 0. The maximum atomic E-state index is 6.15. The molecule has 0 radical (unpaired) electrons. The first kappa shape index (κ1) is 12.8. The zero-order valence-corrected chi connectivity index (χ0v) is 12.0. The minimum Gasteiger partial charge on any atom is -0.327 e. The minimum atomic E-state index is 0.248. The van der Waals surface area contributed by atoms with Gasteiger partial charge in [0, 0.05) is 15.4 Å². The number of hydrogen-bond donors (Lipinski definition) is 1. The summed E-state index contributed by atoms with van der Waals surface area (Å²) in [6.07, 6.45) is 3.10. The van der Waals surface area contributed by atoms with Gasteiger partial charge in [-0.15, -0.1) is 11.3 Å². The van der Waals surface area contributed by atoms with E-state index in [-0.39, 0.29) is 6.04 Å². The molecule has 1 aromatic heterocycles. The van der Waals surface area contributed by atoms with E-state index in [1.54, 1.807) is 0 Å². The van der Waals surface area contributed by atoms with Crippen molar-refractivity contribution in [2.24, 2.45) is 5.73 Å². The van der Waals surface area contributed by atoms with Crippen LogP contribution >= 0.6 is 27.3 Å². The van der Waals surface area contributed by atoms with Gasteiger partial charge in [0.25, 0.3) is 0 Å². The molecule has 2 aromatic rings. The number of rotatable bonds is 5. The van der Waals surface area contributed by atoms with Crippen molar-refractivity contribution in [2.75, 3.05) is 0 Å². The monoisotopic (exact) mass is 309 g/mol. The number of halogens is 1. The average Bonchev–Trinajstić information content (AvgIpc) is 2.83. The van der Waals surface area contributed by atoms with Crippen LogP contribution in [0.25, 0.3) is 0 Å². The van der Waals surface area contributed by atoms with Gasteiger partial charge in [-0.1, -0.05) is 34.1 Å². The van der Waals surface area contributed by atoms with Crippen molar-refractivity contribution >= 4 is 27.3 Å². The van der Waals surface area contributed by atoms with Crippen LogP contribution < -0.4 is 5.73 Å². The summed E-state index contributed by atoms with van der Waals surface area (Å²) in [5, 5.41) is 2.12. The molecule has 0 saturated heterocycles. The summed E-state index contributed by atoms with van der Waals surface area (Å²) in [6, 6.07) is 12.9. The highest BCUT2D eigenvalue weighted by Crippen LogP contribution is 2.15. The van der Waals surface area contributed by atoms with E-state index in [0.29, 0.717) is 0 Å². The number of aryl methyl sites for hydroxylation is 1. The number of hydrogen-bond acceptors (Lipinski definition) is 2. The third kappa shape index (κ3) is 4.26. The normalized spacial score (nSPS) is 12.6. The molecule has 1 nitrogen and oxygen atoms in total. The minimum absolute atomic E-state index is 0.248. The van der Waals surface area contributed by atoms with Gasteiger partial charge in [0.2, 0.25) is 0 Å². The molecule has 0 amide bonds. The Labute approximate surface area is 115 Å². The van der Waals surface area contributed by atoms with Gasteiger partial charge >= 0.3 is 0 Å². The fraction of sp³-hybridized carbons (Fsp3) is 0.286. The van der Waals surface area contributed by atoms with Gasteiger partial charge in [-0.2, -0.15) is 0 Å². The van der Waals surface area contributed by atoms with Crippen LogP contribution in [-0.2, 0) is 12.8 Å². The van der Waals surface area contributed by atoms with E-state index in [2.05, 4.69) is 57.7 Å². The van der Waals surface area contributed by atoms with Gasteiger partial charge in [0.1, 0.15) is 0 Å². The molecule has 17 heavy (non-hydrogen) atoms. The van der Waals surface area contributed by atoms with E-state index in [0.717, 1.165) is 23.7 Å². The standard InChI is InChI=1S/C14H16BrNS/c15-12-5-3-11(4-6-12)10-13(16)7-8-14-2-1-9-17-14/h1-6,9,13H,7-8,10,16H2. The summed E-state index contributed by atoms with van der Waals surface area (Å²) in [7, 11) is 0. The highest BCUT2D eigenvalue weighted by atomic mass is 79.9. The summed E-state index contributed by atoms with van der Waals surface area (Å²) in [4.78, 5) is 1.43. The molecule has 1 atom stereocenters. The van der Waals surface area contributed by atoms with Crippen LogP contribution in [0.15, 0.2) is 46.3 Å². The second-order valence-electron chi connectivity index (χ2n) is 4.21. The molecule has 2 rings (SSSR count). The average molecular weight is 310 g/mol. The quantitative estimate of drug-likeness (QED) is 0.887. The lowest BCUT2D eigenvalue weighted by Gasteiger charge is -2.11. The van der Waals surface area contributed by atoms with Crippen LogP contribution in [-0.4, -0.2) is 6.04 Å². The third-order valence-corrected chi connectivity index (χ3v) is 4.22. The van der Waals surface area contributed by atoms with Gasteiger partial charge in [0.05, 0.1) is 0 Å². The molecule has 0 aliphatic carbocycles. The Hall–Kier alpha value is -0.640. The number of nitrogens with two attached hydrogens (primary N) is 1. The van der Waals surface area contributed by atoms with Crippen molar-refractivity contribution < 1.29 is 0 Å². The first-order valence-electron chi connectivity index (χ1n) is 5.76. The Morgan fingerprint density at radius 1 is 1.18 bits per heavy atom. The first-order valence-corrected chi connectivity index (χ1v) is 7.44. The molecule has 0 bridgehead atoms. The van der Waals surface area contributed by atoms with Crippen molar-refractivity contribution in [2.45, 2.75) is 25.3 Å². The van der Waals surface area contributed by atoms with Gasteiger partial charge < -0.3 is 5.73 Å². The molecule has 0 spiro atoms. The van der Waals surface area contributed by atoms with Crippen molar-refractivity contribution in [3.05, 3.63) is 56.7 Å². The van der Waals surface area contributed by atoms with E-state index in [9.17, 15) is 0 Å². The number of benzene rings is 1. The molecule has 2 N–H and O–H groups in total. The Balaban J connectivity index is 1.80. The fourth-order valence-corrected chi connectivity index (χ4v) is 2.80. The summed E-state index contributed by atoms with van der Waals surface area (Å²) in [5.41, 5.74) is 7.47. The topological polar surface area (TPSA) is 26.0 Å². The van der Waals surface area contributed by atoms with Gasteiger partial charge in [0.15, 0.2) is 0 Å². The lowest BCUT2D eigenvalue weighted by Crippen LogP contribution is -2.23. The molecule has 0 aliphatic heterocycles. The molecule has 90 valence electrons. The molecule has 0 saturated carbocycles. The molecule has 0 aliphatic rings. The van der Waals surface area contributed by atoms with E-state index in [1.165, 1.54) is 10.4 Å². The number of thiophene rings is 1. The Morgan fingerprint density at radius 2 is 1.94 bits per heavy atom. The van der Waals surface area contributed by atoms with Gasteiger partial charge in [-0.3, -0.25) is 0 Å². The van der Waals surface area contributed by atoms with Crippen LogP contribution in [0.3, 0.4) is 0 Å². The fourth-order valence-electron chi connectivity index (χ4n) is 1.81. The van der Waals surface area contributed by atoms with E-state index in [1.807, 2.05) is 11.3 Å². The predicted molar refractivity (Wildman–Crippen MR) is 78.5 cm³/mol. The van der Waals surface area contributed by atoms with E-state index >= 15 is 0 Å². The van der Waals surface area contributed by atoms with Crippen molar-refractivity contribution in [1.29, 1.82) is 0 Å². The van der Waals surface area contributed by atoms with E-state index in [4.69, 9.17) is 5.73 Å². The van der Waals surface area contributed by atoms with Crippen LogP contribution in [0.4, 0.5) is 0 Å². The molecule has 1 aromatic carbocycles. The van der Waals surface area contributed by atoms with Crippen LogP contribution in [0.2, 0.25) is 0 Å². The smallest absolute Gasteiger partial charge is 0.0175 e. The van der Waals surface area contributed by atoms with Crippen molar-refractivity contribution in [1.82, 2.24) is 0 Å². The van der Waals surface area contributed by atoms with Crippen LogP contribution in [0, 0.1) is 0 Å². The van der Waals surface area contributed by atoms with Crippen molar-refractivity contribution in [3.63, 3.8) is 0 Å². The second-order valence-corrected chi connectivity index (χ2v) is 6.16. The van der Waals surface area contributed by atoms with Crippen LogP contribution in [0.1, 0.15) is 16.9 Å². The zero-order chi connectivity index (χ0) is 12.1. The lowest BCUT2D eigenvalue weighted by atomic mass is 10.0. The van der Waals surface area contributed by atoms with Crippen LogP contribution in [0.5, 0.6) is 0 Å². The molecule has 3 heteroatoms. The molecule has 1 unspecified atom stereocenters. The Morgan fingerprint density at radius 3 is 2.59 bits per heavy atom. The maximum absolute atomic E-state index is 6.15. The largest absolute Gasteiger partial charge is 0.327 e. The Kier molecular flexibility index (Phi) is 4.77. The van der Waals surface area contributed by atoms with Gasteiger partial charge in [-0.05, 0) is 48.4 Å². The maximum Gasteiger partial charge on any atom is 0.0175 e. The van der Waals surface area contributed by atoms with Crippen molar-refractivity contribution in [3.8, 4) is 0 Å². The summed E-state index contributed by atoms with van der Waals surface area (Å²) >= 11 is 5.25. The second kappa shape index (κ2) is 6.34. The first-order chi connectivity index (χ1) is 8.24. The molecular formula is C14H16BrNS. The molecule has 1 heterocycles. The molecular weight excluding hydrogens is 294 g/mol. The highest BCUT2D eigenvalue weighted by molar-refractivity contribution is 9.10. The zero-order valence-electron chi connectivity index (χ0n) is 9.60. The highest BCUT2D eigenvalue weighted by Gasteiger charge is 2.05. The SMILES string of the molecule is NC(CCc1cccs1)Cc1ccc(Br)cc1. The Bertz CT molecular complexity index is 436. The summed E-state index contributed by atoms with van der Waals surface area (Å²) in [6.45, 7) is 0. The third-order valence-electron chi connectivity index (χ3n) is 2.75. The predicted octanol–water partition coefficient (Wildman–Crippen LogP) is 4.01. The summed E-state index contributed by atoms with van der Waals surface area (Å²) < 4.78 is 1.12. The van der Waals surface area contributed by atoms with E-state index < -0.39 is 0 Å². The molecule has 0 fully saturated rings.